The number of nitrogen functional groups attached to an aromatic ring is 1. The van der Waals surface area contributed by atoms with Crippen LogP contribution in [-0.4, -0.2) is 15.0 Å². The number of thiophene rings is 1. The van der Waals surface area contributed by atoms with Crippen molar-refractivity contribution in [1.82, 2.24) is 15.0 Å². The van der Waals surface area contributed by atoms with E-state index >= 15 is 0 Å². The first-order valence-corrected chi connectivity index (χ1v) is 7.64. The molecule has 5 heteroatoms. The Hall–Kier alpha value is -2.01. The molecule has 0 spiro atoms. The molecule has 0 unspecified atom stereocenters. The summed E-state index contributed by atoms with van der Waals surface area (Å²) in [6.07, 6.45) is 6.50. The Bertz CT molecular complexity index is 779. The molecule has 0 aliphatic heterocycles. The highest BCUT2D eigenvalue weighted by Crippen LogP contribution is 2.38. The number of nitrogens with two attached hydrogens (primary N) is 1. The van der Waals surface area contributed by atoms with Gasteiger partial charge in [0.2, 0.25) is 0 Å². The molecule has 100 valence electrons. The van der Waals surface area contributed by atoms with E-state index in [1.165, 1.54) is 23.3 Å². The van der Waals surface area contributed by atoms with Gasteiger partial charge in [-0.05, 0) is 43.4 Å². The van der Waals surface area contributed by atoms with Crippen LogP contribution >= 0.6 is 11.3 Å². The Kier molecular flexibility index (Phi) is 2.67. The summed E-state index contributed by atoms with van der Waals surface area (Å²) in [7, 11) is 0. The summed E-state index contributed by atoms with van der Waals surface area (Å²) in [6, 6.07) is 5.73. The highest BCUT2D eigenvalue weighted by atomic mass is 32.1. The molecule has 20 heavy (non-hydrogen) atoms. The molecule has 3 heterocycles. The van der Waals surface area contributed by atoms with E-state index in [0.717, 1.165) is 28.8 Å². The van der Waals surface area contributed by atoms with Crippen LogP contribution in [0.25, 0.3) is 21.7 Å². The molecule has 4 nitrogen and oxygen atoms in total. The van der Waals surface area contributed by atoms with Crippen LogP contribution in [0.3, 0.4) is 0 Å². The molecule has 1 aliphatic carbocycles. The predicted octanol–water partition coefficient (Wildman–Crippen LogP) is 3.21. The van der Waals surface area contributed by atoms with Crippen LogP contribution in [0.2, 0.25) is 0 Å². The van der Waals surface area contributed by atoms with Crippen LogP contribution in [0.15, 0.2) is 24.4 Å². The van der Waals surface area contributed by atoms with Gasteiger partial charge in [0.1, 0.15) is 16.3 Å². The SMILES string of the molecule is Nc1nc(-c2ccccn2)nc2sc3c(c12)CCCC3. The maximum atomic E-state index is 6.19. The van der Waals surface area contributed by atoms with Gasteiger partial charge in [-0.3, -0.25) is 4.98 Å². The molecular weight excluding hydrogens is 268 g/mol. The number of fused-ring (bicyclic) bond motifs is 3. The van der Waals surface area contributed by atoms with Crippen molar-refractivity contribution >= 4 is 27.4 Å². The number of aromatic nitrogens is 3. The zero-order chi connectivity index (χ0) is 13.5. The Balaban J connectivity index is 1.95. The van der Waals surface area contributed by atoms with Gasteiger partial charge in [-0.1, -0.05) is 6.07 Å². The van der Waals surface area contributed by atoms with Crippen LogP contribution in [0, 0.1) is 0 Å². The molecule has 0 saturated carbocycles. The van der Waals surface area contributed by atoms with Crippen LogP contribution < -0.4 is 5.73 Å². The molecule has 0 saturated heterocycles. The van der Waals surface area contributed by atoms with Crippen molar-refractivity contribution in [2.24, 2.45) is 0 Å². The maximum Gasteiger partial charge on any atom is 0.181 e. The third kappa shape index (κ3) is 1.78. The molecule has 0 atom stereocenters. The van der Waals surface area contributed by atoms with E-state index < -0.39 is 0 Å². The number of aryl methyl sites for hydroxylation is 2. The van der Waals surface area contributed by atoms with Gasteiger partial charge in [-0.25, -0.2) is 9.97 Å². The van der Waals surface area contributed by atoms with Crippen molar-refractivity contribution in [3.8, 4) is 11.5 Å². The fraction of sp³-hybridized carbons (Fsp3) is 0.267. The molecule has 3 aromatic heterocycles. The van der Waals surface area contributed by atoms with Gasteiger partial charge >= 0.3 is 0 Å². The number of hydrogen-bond donors (Lipinski definition) is 1. The zero-order valence-corrected chi connectivity index (χ0v) is 11.8. The van der Waals surface area contributed by atoms with E-state index in [2.05, 4.69) is 15.0 Å². The first kappa shape index (κ1) is 11.8. The summed E-state index contributed by atoms with van der Waals surface area (Å²) in [5, 5.41) is 1.07. The van der Waals surface area contributed by atoms with Crippen molar-refractivity contribution in [3.05, 3.63) is 34.8 Å². The average molecular weight is 282 g/mol. The largest absolute Gasteiger partial charge is 0.383 e. The standard InChI is InChI=1S/C15H14N4S/c16-13-12-9-5-1-2-7-11(9)20-15(12)19-14(18-13)10-6-3-4-8-17-10/h3-4,6,8H,1-2,5,7H2,(H2,16,18,19). The van der Waals surface area contributed by atoms with E-state index in [9.17, 15) is 0 Å². The smallest absolute Gasteiger partial charge is 0.181 e. The van der Waals surface area contributed by atoms with Crippen LogP contribution in [0.5, 0.6) is 0 Å². The second-order valence-electron chi connectivity index (χ2n) is 5.04. The van der Waals surface area contributed by atoms with Crippen molar-refractivity contribution in [2.75, 3.05) is 5.73 Å². The third-order valence-electron chi connectivity index (χ3n) is 3.74. The number of hydrogen-bond acceptors (Lipinski definition) is 5. The molecule has 0 fully saturated rings. The lowest BCUT2D eigenvalue weighted by Crippen LogP contribution is -2.01. The van der Waals surface area contributed by atoms with E-state index in [4.69, 9.17) is 5.73 Å². The molecule has 3 aromatic rings. The summed E-state index contributed by atoms with van der Waals surface area (Å²) >= 11 is 1.76. The van der Waals surface area contributed by atoms with Gasteiger partial charge in [0, 0.05) is 11.1 Å². The minimum absolute atomic E-state index is 0.593. The van der Waals surface area contributed by atoms with Crippen LogP contribution in [0.1, 0.15) is 23.3 Å². The summed E-state index contributed by atoms with van der Waals surface area (Å²) in [6.45, 7) is 0. The number of nitrogens with zero attached hydrogens (tertiary/aromatic N) is 3. The van der Waals surface area contributed by atoms with E-state index in [-0.39, 0.29) is 0 Å². The zero-order valence-electron chi connectivity index (χ0n) is 11.0. The molecule has 2 N–H and O–H groups in total. The lowest BCUT2D eigenvalue weighted by Gasteiger charge is -2.10. The Labute approximate surface area is 120 Å². The number of anilines is 1. The molecule has 0 radical (unpaired) electrons. The van der Waals surface area contributed by atoms with Gasteiger partial charge in [0.25, 0.3) is 0 Å². The first-order valence-electron chi connectivity index (χ1n) is 6.82. The fourth-order valence-corrected chi connectivity index (χ4v) is 4.06. The molecule has 1 aliphatic rings. The second-order valence-corrected chi connectivity index (χ2v) is 6.12. The van der Waals surface area contributed by atoms with Gasteiger partial charge in [-0.15, -0.1) is 11.3 Å². The fourth-order valence-electron chi connectivity index (χ4n) is 2.80. The molecule has 4 rings (SSSR count). The van der Waals surface area contributed by atoms with Crippen molar-refractivity contribution in [3.63, 3.8) is 0 Å². The van der Waals surface area contributed by atoms with Crippen LogP contribution in [0.4, 0.5) is 5.82 Å². The number of pyridine rings is 1. The topological polar surface area (TPSA) is 64.7 Å². The quantitative estimate of drug-likeness (QED) is 0.744. The minimum atomic E-state index is 0.593. The van der Waals surface area contributed by atoms with E-state index in [0.29, 0.717) is 11.6 Å². The Morgan fingerprint density at radius 3 is 2.85 bits per heavy atom. The van der Waals surface area contributed by atoms with E-state index in [1.54, 1.807) is 17.5 Å². The molecule has 0 aromatic carbocycles. The molecular formula is C15H14N4S. The molecule has 0 amide bonds. The summed E-state index contributed by atoms with van der Waals surface area (Å²) in [5.41, 5.74) is 8.34. The third-order valence-corrected chi connectivity index (χ3v) is 4.92. The monoisotopic (exact) mass is 282 g/mol. The lowest BCUT2D eigenvalue weighted by molar-refractivity contribution is 0.700. The first-order chi connectivity index (χ1) is 9.83. The predicted molar refractivity (Wildman–Crippen MR) is 81.7 cm³/mol. The Morgan fingerprint density at radius 2 is 2.00 bits per heavy atom. The summed E-state index contributed by atoms with van der Waals surface area (Å²) in [4.78, 5) is 15.9. The summed E-state index contributed by atoms with van der Waals surface area (Å²) in [5.74, 6) is 1.21. The van der Waals surface area contributed by atoms with Crippen molar-refractivity contribution in [2.45, 2.75) is 25.7 Å². The summed E-state index contributed by atoms with van der Waals surface area (Å²) < 4.78 is 0. The normalized spacial score (nSPS) is 14.4. The lowest BCUT2D eigenvalue weighted by atomic mass is 9.97. The van der Waals surface area contributed by atoms with E-state index in [1.807, 2.05) is 18.2 Å². The molecule has 0 bridgehead atoms. The number of rotatable bonds is 1. The van der Waals surface area contributed by atoms with Gasteiger partial charge in [-0.2, -0.15) is 0 Å². The van der Waals surface area contributed by atoms with Crippen molar-refractivity contribution < 1.29 is 0 Å². The van der Waals surface area contributed by atoms with Gasteiger partial charge in [0.05, 0.1) is 5.39 Å². The van der Waals surface area contributed by atoms with Gasteiger partial charge in [0.15, 0.2) is 5.82 Å². The van der Waals surface area contributed by atoms with Crippen molar-refractivity contribution in [1.29, 1.82) is 0 Å². The highest BCUT2D eigenvalue weighted by Gasteiger charge is 2.20. The second kappa shape index (κ2) is 4.52. The average Bonchev–Trinajstić information content (AvgIpc) is 2.87. The Morgan fingerprint density at radius 1 is 1.10 bits per heavy atom. The highest BCUT2D eigenvalue weighted by molar-refractivity contribution is 7.19. The van der Waals surface area contributed by atoms with Crippen LogP contribution in [-0.2, 0) is 12.8 Å². The van der Waals surface area contributed by atoms with Gasteiger partial charge < -0.3 is 5.73 Å². The maximum absolute atomic E-state index is 6.19. The minimum Gasteiger partial charge on any atom is -0.383 e.